The Morgan fingerprint density at radius 1 is 1.42 bits per heavy atom. The van der Waals surface area contributed by atoms with E-state index in [-0.39, 0.29) is 31.5 Å². The molecule has 3 N–H and O–H groups in total. The molecule has 0 aromatic heterocycles. The van der Waals surface area contributed by atoms with Gasteiger partial charge in [0, 0.05) is 26.6 Å². The number of carboxylic acids is 1. The van der Waals surface area contributed by atoms with Gasteiger partial charge in [-0.15, -0.1) is 0 Å². The van der Waals surface area contributed by atoms with Crippen molar-refractivity contribution in [3.8, 4) is 0 Å². The van der Waals surface area contributed by atoms with Gasteiger partial charge in [-0.25, -0.2) is 4.79 Å². The lowest BCUT2D eigenvalue weighted by molar-refractivity contribution is -0.137. The summed E-state index contributed by atoms with van der Waals surface area (Å²) in [7, 11) is 1.50. The second kappa shape index (κ2) is 7.57. The smallest absolute Gasteiger partial charge is 0.318 e. The maximum absolute atomic E-state index is 11.9. The zero-order chi connectivity index (χ0) is 14.3. The number of carbonyl (C=O) groups excluding carboxylic acids is 2. The van der Waals surface area contributed by atoms with E-state index in [1.807, 2.05) is 0 Å². The van der Waals surface area contributed by atoms with Crippen LogP contribution in [0.5, 0.6) is 0 Å². The Morgan fingerprint density at radius 3 is 2.79 bits per heavy atom. The van der Waals surface area contributed by atoms with E-state index in [0.29, 0.717) is 19.6 Å². The molecule has 1 fully saturated rings. The van der Waals surface area contributed by atoms with E-state index in [4.69, 9.17) is 9.84 Å². The largest absolute Gasteiger partial charge is 0.481 e. The van der Waals surface area contributed by atoms with Crippen molar-refractivity contribution in [3.63, 3.8) is 0 Å². The summed E-state index contributed by atoms with van der Waals surface area (Å²) in [6.45, 7) is 1.16. The van der Waals surface area contributed by atoms with Crippen LogP contribution in [0.2, 0.25) is 0 Å². The number of aliphatic carboxylic acids is 1. The van der Waals surface area contributed by atoms with Crippen LogP contribution in [0.3, 0.4) is 0 Å². The molecule has 0 aromatic carbocycles. The van der Waals surface area contributed by atoms with E-state index in [1.165, 1.54) is 11.9 Å². The van der Waals surface area contributed by atoms with Gasteiger partial charge >= 0.3 is 12.0 Å². The number of carboxylic acid groups (broad SMARTS) is 1. The number of nitrogens with one attached hydrogen (secondary N) is 2. The van der Waals surface area contributed by atoms with Gasteiger partial charge < -0.3 is 25.4 Å². The van der Waals surface area contributed by atoms with Crippen LogP contribution in [0.25, 0.3) is 0 Å². The average molecular weight is 273 g/mol. The predicted molar refractivity (Wildman–Crippen MR) is 65.6 cm³/mol. The fourth-order valence-electron chi connectivity index (χ4n) is 1.77. The summed E-state index contributed by atoms with van der Waals surface area (Å²) in [6.07, 6.45) is 0.359. The topological polar surface area (TPSA) is 108 Å². The lowest BCUT2D eigenvalue weighted by Gasteiger charge is -2.34. The van der Waals surface area contributed by atoms with E-state index in [0.717, 1.165) is 0 Å². The first-order valence-corrected chi connectivity index (χ1v) is 6.12. The van der Waals surface area contributed by atoms with Crippen LogP contribution in [0.15, 0.2) is 0 Å². The molecule has 1 aliphatic heterocycles. The molecule has 0 bridgehead atoms. The molecular weight excluding hydrogens is 254 g/mol. The molecule has 1 atom stereocenters. The Bertz CT molecular complexity index is 347. The third-order valence-electron chi connectivity index (χ3n) is 2.78. The molecule has 108 valence electrons. The Hall–Kier alpha value is -1.83. The van der Waals surface area contributed by atoms with Gasteiger partial charge in [0.25, 0.3) is 0 Å². The fraction of sp³-hybridized carbons (Fsp3) is 0.727. The average Bonchev–Trinajstić information content (AvgIpc) is 2.42. The number of hydrogen-bond acceptors (Lipinski definition) is 4. The summed E-state index contributed by atoms with van der Waals surface area (Å²) in [5, 5.41) is 13.6. The van der Waals surface area contributed by atoms with E-state index in [9.17, 15) is 14.4 Å². The highest BCUT2D eigenvalue weighted by atomic mass is 16.5. The second-order valence-corrected chi connectivity index (χ2v) is 4.13. The summed E-state index contributed by atoms with van der Waals surface area (Å²) in [5.41, 5.74) is 0. The monoisotopic (exact) mass is 273 g/mol. The van der Waals surface area contributed by atoms with Gasteiger partial charge in [0.05, 0.1) is 13.2 Å². The molecule has 8 nitrogen and oxygen atoms in total. The van der Waals surface area contributed by atoms with E-state index >= 15 is 0 Å². The van der Waals surface area contributed by atoms with Gasteiger partial charge in [-0.2, -0.15) is 0 Å². The Morgan fingerprint density at radius 2 is 2.16 bits per heavy atom. The third kappa shape index (κ3) is 4.74. The number of morpholine rings is 1. The number of nitrogens with zero attached hydrogens (tertiary/aromatic N) is 1. The number of rotatable bonds is 5. The first-order valence-electron chi connectivity index (χ1n) is 6.12. The quantitative estimate of drug-likeness (QED) is 0.557. The van der Waals surface area contributed by atoms with Crippen molar-refractivity contribution in [1.82, 2.24) is 15.5 Å². The standard InChI is InChI=1S/C11H19N3O5/c1-12-10(17)8-7-19-6-5-14(8)11(18)13-4-2-3-9(15)16/h8H,2-7H2,1H3,(H,12,17)(H,13,18)(H,15,16). The lowest BCUT2D eigenvalue weighted by Crippen LogP contribution is -2.57. The molecule has 1 rings (SSSR count). The van der Waals surface area contributed by atoms with Gasteiger partial charge in [-0.3, -0.25) is 9.59 Å². The van der Waals surface area contributed by atoms with Crippen molar-refractivity contribution in [2.45, 2.75) is 18.9 Å². The van der Waals surface area contributed by atoms with Crippen LogP contribution in [0.4, 0.5) is 4.79 Å². The molecule has 19 heavy (non-hydrogen) atoms. The van der Waals surface area contributed by atoms with Crippen molar-refractivity contribution < 1.29 is 24.2 Å². The molecule has 1 aliphatic rings. The summed E-state index contributed by atoms with van der Waals surface area (Å²) in [6, 6.07) is -1.01. The molecule has 3 amide bonds. The SMILES string of the molecule is CNC(=O)C1COCCN1C(=O)NCCCC(=O)O. The lowest BCUT2D eigenvalue weighted by atomic mass is 10.2. The highest BCUT2D eigenvalue weighted by Crippen LogP contribution is 2.07. The highest BCUT2D eigenvalue weighted by Gasteiger charge is 2.32. The third-order valence-corrected chi connectivity index (χ3v) is 2.78. The summed E-state index contributed by atoms with van der Waals surface area (Å²) < 4.78 is 5.18. The molecule has 8 heteroatoms. The number of ether oxygens (including phenoxy) is 1. The molecule has 0 aromatic rings. The molecule has 0 radical (unpaired) electrons. The van der Waals surface area contributed by atoms with Crippen LogP contribution < -0.4 is 10.6 Å². The van der Waals surface area contributed by atoms with Gasteiger partial charge in [0.2, 0.25) is 5.91 Å². The first kappa shape index (κ1) is 15.2. The highest BCUT2D eigenvalue weighted by molar-refractivity contribution is 5.87. The Labute approximate surface area is 111 Å². The van der Waals surface area contributed by atoms with Crippen LogP contribution in [0.1, 0.15) is 12.8 Å². The molecule has 0 saturated carbocycles. The van der Waals surface area contributed by atoms with E-state index in [1.54, 1.807) is 0 Å². The van der Waals surface area contributed by atoms with Crippen molar-refractivity contribution in [1.29, 1.82) is 0 Å². The normalized spacial score (nSPS) is 18.8. The van der Waals surface area contributed by atoms with Crippen LogP contribution in [-0.2, 0) is 14.3 Å². The zero-order valence-corrected chi connectivity index (χ0v) is 10.8. The maximum Gasteiger partial charge on any atom is 0.318 e. The van der Waals surface area contributed by atoms with E-state index < -0.39 is 12.0 Å². The van der Waals surface area contributed by atoms with Crippen molar-refractivity contribution >= 4 is 17.9 Å². The van der Waals surface area contributed by atoms with Gasteiger partial charge in [-0.05, 0) is 6.42 Å². The fourth-order valence-corrected chi connectivity index (χ4v) is 1.77. The van der Waals surface area contributed by atoms with Crippen LogP contribution in [0, 0.1) is 0 Å². The summed E-state index contributed by atoms with van der Waals surface area (Å²) in [5.74, 6) is -1.18. The van der Waals surface area contributed by atoms with Gasteiger partial charge in [-0.1, -0.05) is 0 Å². The molecule has 1 saturated heterocycles. The first-order chi connectivity index (χ1) is 9.06. The number of likely N-dealkylation sites (N-methyl/N-ethyl adjacent to an activating group) is 1. The number of urea groups is 1. The van der Waals surface area contributed by atoms with Crippen molar-refractivity contribution in [2.24, 2.45) is 0 Å². The predicted octanol–water partition coefficient (Wildman–Crippen LogP) is -0.992. The number of amides is 3. The Kier molecular flexibility index (Phi) is 6.07. The molecule has 1 unspecified atom stereocenters. The Balaban J connectivity index is 2.43. The summed E-state index contributed by atoms with van der Waals surface area (Å²) in [4.78, 5) is 35.3. The van der Waals surface area contributed by atoms with E-state index in [2.05, 4.69) is 10.6 Å². The van der Waals surface area contributed by atoms with Crippen LogP contribution in [-0.4, -0.2) is 67.3 Å². The minimum absolute atomic E-state index is 0.00225. The number of carbonyl (C=O) groups is 3. The minimum atomic E-state index is -0.899. The molecule has 1 heterocycles. The summed E-state index contributed by atoms with van der Waals surface area (Å²) >= 11 is 0. The zero-order valence-electron chi connectivity index (χ0n) is 10.8. The molecule has 0 aliphatic carbocycles. The van der Waals surface area contributed by atoms with Crippen LogP contribution >= 0.6 is 0 Å². The number of hydrogen-bond donors (Lipinski definition) is 3. The van der Waals surface area contributed by atoms with Gasteiger partial charge in [0.1, 0.15) is 6.04 Å². The van der Waals surface area contributed by atoms with Gasteiger partial charge in [0.15, 0.2) is 0 Å². The van der Waals surface area contributed by atoms with Crippen molar-refractivity contribution in [2.75, 3.05) is 33.4 Å². The second-order valence-electron chi connectivity index (χ2n) is 4.13. The molecular formula is C11H19N3O5. The van der Waals surface area contributed by atoms with Crippen molar-refractivity contribution in [3.05, 3.63) is 0 Å². The minimum Gasteiger partial charge on any atom is -0.481 e. The maximum atomic E-state index is 11.9. The molecule has 0 spiro atoms.